The van der Waals surface area contributed by atoms with Crippen LogP contribution < -0.4 is 4.74 Å². The second-order valence-corrected chi connectivity index (χ2v) is 4.65. The number of rotatable bonds is 5. The molecule has 0 fully saturated rings. The lowest BCUT2D eigenvalue weighted by atomic mass is 10.00. The number of carbonyl (C=O) groups excluding carboxylic acids is 1. The largest absolute Gasteiger partial charge is 0.478 e. The Balaban J connectivity index is 3.01. The Bertz CT molecular complexity index is 449. The first kappa shape index (κ1) is 14.2. The Morgan fingerprint density at radius 3 is 2.50 bits per heavy atom. The second kappa shape index (κ2) is 6.19. The van der Waals surface area contributed by atoms with Crippen LogP contribution in [0.5, 0.6) is 5.75 Å². The Morgan fingerprint density at radius 1 is 1.33 bits per heavy atom. The molecule has 0 aliphatic rings. The Hall–Kier alpha value is -1.84. The van der Waals surface area contributed by atoms with Crippen LogP contribution in [0.1, 0.15) is 43.1 Å². The number of carboxylic acids is 1. The maximum Gasteiger partial charge on any atom is 0.335 e. The average Bonchev–Trinajstić information content (AvgIpc) is 2.26. The van der Waals surface area contributed by atoms with Gasteiger partial charge in [-0.15, -0.1) is 0 Å². The molecular formula is C14H18O4. The SMILES string of the molecule is CC(=O)Oc1ccc(C(=O)O)cc1CCC(C)C. The summed E-state index contributed by atoms with van der Waals surface area (Å²) in [5, 5.41) is 8.95. The van der Waals surface area contributed by atoms with Gasteiger partial charge in [0.2, 0.25) is 0 Å². The lowest BCUT2D eigenvalue weighted by Gasteiger charge is -2.11. The van der Waals surface area contributed by atoms with Crippen molar-refractivity contribution in [3.63, 3.8) is 0 Å². The number of hydrogen-bond acceptors (Lipinski definition) is 3. The van der Waals surface area contributed by atoms with E-state index < -0.39 is 11.9 Å². The van der Waals surface area contributed by atoms with E-state index in [1.165, 1.54) is 13.0 Å². The molecule has 0 spiro atoms. The minimum Gasteiger partial charge on any atom is -0.478 e. The molecule has 0 saturated carbocycles. The molecule has 0 atom stereocenters. The van der Waals surface area contributed by atoms with Crippen molar-refractivity contribution in [3.8, 4) is 5.75 Å². The Morgan fingerprint density at radius 2 is 2.00 bits per heavy atom. The summed E-state index contributed by atoms with van der Waals surface area (Å²) in [6.45, 7) is 5.51. The van der Waals surface area contributed by atoms with Crippen LogP contribution in [0.3, 0.4) is 0 Å². The molecule has 4 heteroatoms. The van der Waals surface area contributed by atoms with Crippen molar-refractivity contribution in [3.05, 3.63) is 29.3 Å². The van der Waals surface area contributed by atoms with E-state index >= 15 is 0 Å². The van der Waals surface area contributed by atoms with Crippen molar-refractivity contribution in [1.29, 1.82) is 0 Å². The molecule has 1 N–H and O–H groups in total. The van der Waals surface area contributed by atoms with Crippen molar-refractivity contribution in [2.45, 2.75) is 33.6 Å². The molecule has 1 aromatic rings. The van der Waals surface area contributed by atoms with Crippen molar-refractivity contribution in [1.82, 2.24) is 0 Å². The van der Waals surface area contributed by atoms with Gasteiger partial charge >= 0.3 is 11.9 Å². The fourth-order valence-electron chi connectivity index (χ4n) is 1.61. The van der Waals surface area contributed by atoms with Crippen molar-refractivity contribution >= 4 is 11.9 Å². The highest BCUT2D eigenvalue weighted by atomic mass is 16.5. The quantitative estimate of drug-likeness (QED) is 0.644. The summed E-state index contributed by atoms with van der Waals surface area (Å²) < 4.78 is 5.08. The first-order chi connectivity index (χ1) is 8.40. The molecule has 0 aliphatic carbocycles. The zero-order valence-electron chi connectivity index (χ0n) is 10.9. The van der Waals surface area contributed by atoms with Gasteiger partial charge in [0.25, 0.3) is 0 Å². The maximum atomic E-state index is 11.0. The zero-order chi connectivity index (χ0) is 13.7. The van der Waals surface area contributed by atoms with Gasteiger partial charge in [-0.25, -0.2) is 4.79 Å². The standard InChI is InChI=1S/C14H18O4/c1-9(2)4-5-11-8-12(14(16)17)6-7-13(11)18-10(3)15/h6-9H,4-5H2,1-3H3,(H,16,17). The highest BCUT2D eigenvalue weighted by Gasteiger charge is 2.11. The van der Waals surface area contributed by atoms with Crippen LogP contribution in [-0.2, 0) is 11.2 Å². The van der Waals surface area contributed by atoms with Gasteiger partial charge in [0.15, 0.2) is 0 Å². The lowest BCUT2D eigenvalue weighted by Crippen LogP contribution is -2.06. The van der Waals surface area contributed by atoms with Crippen LogP contribution in [-0.4, -0.2) is 17.0 Å². The van der Waals surface area contributed by atoms with Crippen molar-refractivity contribution < 1.29 is 19.4 Å². The third-order valence-corrected chi connectivity index (χ3v) is 2.55. The van der Waals surface area contributed by atoms with Crippen LogP contribution in [0.2, 0.25) is 0 Å². The van der Waals surface area contributed by atoms with E-state index in [1.54, 1.807) is 12.1 Å². The second-order valence-electron chi connectivity index (χ2n) is 4.65. The zero-order valence-corrected chi connectivity index (χ0v) is 10.9. The molecule has 0 aromatic heterocycles. The summed E-state index contributed by atoms with van der Waals surface area (Å²) in [6.07, 6.45) is 1.61. The third-order valence-electron chi connectivity index (χ3n) is 2.55. The van der Waals surface area contributed by atoms with Crippen molar-refractivity contribution in [2.24, 2.45) is 5.92 Å². The molecule has 0 heterocycles. The monoisotopic (exact) mass is 250 g/mol. The first-order valence-corrected chi connectivity index (χ1v) is 5.94. The maximum absolute atomic E-state index is 11.0. The number of benzene rings is 1. The number of aromatic carboxylic acids is 1. The first-order valence-electron chi connectivity index (χ1n) is 5.94. The fourth-order valence-corrected chi connectivity index (χ4v) is 1.61. The molecule has 0 radical (unpaired) electrons. The van der Waals surface area contributed by atoms with E-state index in [2.05, 4.69) is 13.8 Å². The Kier molecular flexibility index (Phi) is 4.89. The number of hydrogen-bond donors (Lipinski definition) is 1. The highest BCUT2D eigenvalue weighted by Crippen LogP contribution is 2.23. The molecule has 0 amide bonds. The number of carboxylic acid groups (broad SMARTS) is 1. The third kappa shape index (κ3) is 4.20. The van der Waals surface area contributed by atoms with E-state index in [0.29, 0.717) is 18.1 Å². The number of esters is 1. The van der Waals surface area contributed by atoms with Gasteiger partial charge in [0.05, 0.1) is 5.56 Å². The highest BCUT2D eigenvalue weighted by molar-refractivity contribution is 5.88. The summed E-state index contributed by atoms with van der Waals surface area (Å²) in [5.74, 6) is -0.421. The molecule has 1 aromatic carbocycles. The number of ether oxygens (including phenoxy) is 1. The normalized spacial score (nSPS) is 10.4. The molecule has 0 aliphatic heterocycles. The summed E-state index contributed by atoms with van der Waals surface area (Å²) in [5.41, 5.74) is 0.975. The van der Waals surface area contributed by atoms with Crippen LogP contribution in [0.25, 0.3) is 0 Å². The summed E-state index contributed by atoms with van der Waals surface area (Å²) >= 11 is 0. The van der Waals surface area contributed by atoms with Gasteiger partial charge in [0, 0.05) is 6.92 Å². The van der Waals surface area contributed by atoms with Gasteiger partial charge in [0.1, 0.15) is 5.75 Å². The Labute approximate surface area is 107 Å². The van der Waals surface area contributed by atoms with Crippen LogP contribution in [0.15, 0.2) is 18.2 Å². The van der Waals surface area contributed by atoms with E-state index in [0.717, 1.165) is 12.0 Å². The molecule has 0 unspecified atom stereocenters. The summed E-state index contributed by atoms with van der Waals surface area (Å²) in [6, 6.07) is 4.56. The van der Waals surface area contributed by atoms with Gasteiger partial charge < -0.3 is 9.84 Å². The number of carbonyl (C=O) groups is 2. The molecule has 1 rings (SSSR count). The molecule has 0 bridgehead atoms. The number of aryl methyl sites for hydroxylation is 1. The summed E-state index contributed by atoms with van der Waals surface area (Å²) in [7, 11) is 0. The smallest absolute Gasteiger partial charge is 0.335 e. The van der Waals surface area contributed by atoms with Crippen LogP contribution >= 0.6 is 0 Å². The van der Waals surface area contributed by atoms with E-state index in [4.69, 9.17) is 9.84 Å². The van der Waals surface area contributed by atoms with Gasteiger partial charge in [-0.3, -0.25) is 4.79 Å². The van der Waals surface area contributed by atoms with Gasteiger partial charge in [-0.05, 0) is 42.5 Å². The molecule has 4 nitrogen and oxygen atoms in total. The topological polar surface area (TPSA) is 63.6 Å². The van der Waals surface area contributed by atoms with E-state index in [-0.39, 0.29) is 5.56 Å². The van der Waals surface area contributed by atoms with Crippen LogP contribution in [0.4, 0.5) is 0 Å². The molecular weight excluding hydrogens is 232 g/mol. The van der Waals surface area contributed by atoms with E-state index in [1.807, 2.05) is 0 Å². The average molecular weight is 250 g/mol. The minimum absolute atomic E-state index is 0.213. The minimum atomic E-state index is -0.977. The predicted octanol–water partition coefficient (Wildman–Crippen LogP) is 2.90. The predicted molar refractivity (Wildman–Crippen MR) is 67.9 cm³/mol. The molecule has 18 heavy (non-hydrogen) atoms. The molecule has 0 saturated heterocycles. The van der Waals surface area contributed by atoms with Gasteiger partial charge in [-0.1, -0.05) is 13.8 Å². The summed E-state index contributed by atoms with van der Waals surface area (Å²) in [4.78, 5) is 21.9. The van der Waals surface area contributed by atoms with E-state index in [9.17, 15) is 9.59 Å². The van der Waals surface area contributed by atoms with Crippen LogP contribution in [0, 0.1) is 5.92 Å². The van der Waals surface area contributed by atoms with Crippen molar-refractivity contribution in [2.75, 3.05) is 0 Å². The lowest BCUT2D eigenvalue weighted by molar-refractivity contribution is -0.131. The van der Waals surface area contributed by atoms with Gasteiger partial charge in [-0.2, -0.15) is 0 Å². The fraction of sp³-hybridized carbons (Fsp3) is 0.429. The molecule has 98 valence electrons.